The zero-order valence-electron chi connectivity index (χ0n) is 32.0. The lowest BCUT2D eigenvalue weighted by Gasteiger charge is -2.33. The quantitative estimate of drug-likeness (QED) is 0.143. The molecule has 0 radical (unpaired) electrons. The molecular formula is C40H44Br2ClN7O4. The van der Waals surface area contributed by atoms with Gasteiger partial charge >= 0.3 is 5.97 Å². The molecule has 2 atom stereocenters. The van der Waals surface area contributed by atoms with Crippen molar-refractivity contribution in [1.29, 1.82) is 0 Å². The van der Waals surface area contributed by atoms with Gasteiger partial charge in [0.2, 0.25) is 11.8 Å². The van der Waals surface area contributed by atoms with Crippen molar-refractivity contribution >= 4 is 90.1 Å². The molecule has 2 amide bonds. The number of benzene rings is 2. The average Bonchev–Trinajstić information content (AvgIpc) is 3.48. The van der Waals surface area contributed by atoms with Gasteiger partial charge in [-0.15, -0.1) is 0 Å². The van der Waals surface area contributed by atoms with Gasteiger partial charge in [-0.05, 0) is 122 Å². The van der Waals surface area contributed by atoms with Crippen molar-refractivity contribution in [3.8, 4) is 0 Å². The van der Waals surface area contributed by atoms with Crippen LogP contribution in [-0.4, -0.2) is 57.4 Å². The summed E-state index contributed by atoms with van der Waals surface area (Å²) in [6, 6.07) is 8.03. The molecular weight excluding hydrogens is 838 g/mol. The van der Waals surface area contributed by atoms with E-state index in [0.29, 0.717) is 66.5 Å². The average molecular weight is 882 g/mol. The van der Waals surface area contributed by atoms with Crippen LogP contribution in [-0.2, 0) is 19.1 Å². The first-order valence-corrected chi connectivity index (χ1v) is 20.1. The third kappa shape index (κ3) is 7.26. The van der Waals surface area contributed by atoms with Gasteiger partial charge in [0.1, 0.15) is 34.3 Å². The van der Waals surface area contributed by atoms with Crippen LogP contribution in [0.5, 0.6) is 0 Å². The lowest BCUT2D eigenvalue weighted by Crippen LogP contribution is -2.38. The van der Waals surface area contributed by atoms with Crippen LogP contribution in [0, 0.1) is 47.5 Å². The van der Waals surface area contributed by atoms with Crippen LogP contribution in [0.15, 0.2) is 33.2 Å². The summed E-state index contributed by atoms with van der Waals surface area (Å²) in [5, 5.41) is 0.360. The van der Waals surface area contributed by atoms with Crippen LogP contribution >= 0.6 is 43.5 Å². The van der Waals surface area contributed by atoms with Crippen molar-refractivity contribution in [2.75, 3.05) is 34.4 Å². The zero-order valence-corrected chi connectivity index (χ0v) is 35.9. The first-order chi connectivity index (χ1) is 25.5. The van der Waals surface area contributed by atoms with Gasteiger partial charge in [-0.2, -0.15) is 0 Å². The maximum absolute atomic E-state index is 13.5. The van der Waals surface area contributed by atoms with E-state index >= 15 is 0 Å². The van der Waals surface area contributed by atoms with Crippen LogP contribution in [0.3, 0.4) is 0 Å². The number of piperidine rings is 1. The zero-order chi connectivity index (χ0) is 39.3. The Kier molecular flexibility index (Phi) is 11.5. The Bertz CT molecular complexity index is 2140. The number of aryl methyl sites for hydroxylation is 6. The molecule has 2 aromatic heterocycles. The standard InChI is InChI=1S/C24H29BrN4O3.C16H15BrClN3O/c1-6-32-24(31)17-7-9-28(10-8-17)21-19-15(4)23(30)29(22(19)27-16(5)26-21)20-13(2)11-18(25)12-14(20)3;1-7-5-11(17)6-8(2)13(7)21-15-12(9(3)16(21)22)14(18)19-10(4)20-15/h11-12,15,17H,6-10H2,1-5H3;5-6,9H,1-4H3. The highest BCUT2D eigenvalue weighted by molar-refractivity contribution is 9.10. The molecule has 3 aliphatic rings. The molecule has 1 saturated heterocycles. The molecule has 4 aromatic rings. The molecule has 0 aliphatic carbocycles. The van der Waals surface area contributed by atoms with Crippen LogP contribution < -0.4 is 14.7 Å². The molecule has 2 aromatic carbocycles. The van der Waals surface area contributed by atoms with Gasteiger partial charge in [0.25, 0.3) is 0 Å². The second-order valence-corrected chi connectivity index (χ2v) is 16.4. The van der Waals surface area contributed by atoms with Gasteiger partial charge in [-0.1, -0.05) is 43.5 Å². The van der Waals surface area contributed by atoms with Gasteiger partial charge in [0, 0.05) is 27.6 Å². The number of hydrogen-bond donors (Lipinski definition) is 0. The number of esters is 1. The number of aromatic nitrogens is 4. The highest BCUT2D eigenvalue weighted by atomic mass is 79.9. The molecule has 0 N–H and O–H groups in total. The number of nitrogens with zero attached hydrogens (tertiary/aromatic N) is 7. The molecule has 14 heteroatoms. The molecule has 3 aliphatic heterocycles. The number of halogens is 3. The lowest BCUT2D eigenvalue weighted by molar-refractivity contribution is -0.148. The highest BCUT2D eigenvalue weighted by Gasteiger charge is 2.43. The van der Waals surface area contributed by atoms with E-state index in [1.54, 1.807) is 16.7 Å². The Morgan fingerprint density at radius 3 is 1.59 bits per heavy atom. The fourth-order valence-corrected chi connectivity index (χ4v) is 9.54. The summed E-state index contributed by atoms with van der Waals surface area (Å²) in [6.07, 6.45) is 1.43. The second-order valence-electron chi connectivity index (χ2n) is 14.2. The molecule has 5 heterocycles. The minimum atomic E-state index is -0.342. The summed E-state index contributed by atoms with van der Waals surface area (Å²) in [5.41, 5.74) is 7.37. The molecule has 0 spiro atoms. The molecule has 284 valence electrons. The van der Waals surface area contributed by atoms with Gasteiger partial charge in [0.05, 0.1) is 41.3 Å². The predicted octanol–water partition coefficient (Wildman–Crippen LogP) is 9.33. The van der Waals surface area contributed by atoms with Gasteiger partial charge in [0.15, 0.2) is 0 Å². The normalized spacial score (nSPS) is 18.1. The molecule has 11 nitrogen and oxygen atoms in total. The summed E-state index contributed by atoms with van der Waals surface area (Å²) in [4.78, 5) is 62.2. The summed E-state index contributed by atoms with van der Waals surface area (Å²) in [6.45, 7) is 19.0. The Balaban J connectivity index is 0.000000197. The lowest BCUT2D eigenvalue weighted by atomic mass is 9.96. The number of hydrogen-bond acceptors (Lipinski definition) is 9. The molecule has 7 rings (SSSR count). The Labute approximate surface area is 338 Å². The van der Waals surface area contributed by atoms with Crippen molar-refractivity contribution in [3.05, 3.63) is 83.4 Å². The summed E-state index contributed by atoms with van der Waals surface area (Å²) < 4.78 is 7.18. The first-order valence-electron chi connectivity index (χ1n) is 18.1. The van der Waals surface area contributed by atoms with E-state index < -0.39 is 0 Å². The van der Waals surface area contributed by atoms with E-state index in [2.05, 4.69) is 46.7 Å². The van der Waals surface area contributed by atoms with E-state index in [1.165, 1.54) is 0 Å². The van der Waals surface area contributed by atoms with Gasteiger partial charge < -0.3 is 9.64 Å². The fourth-order valence-electron chi connectivity index (χ4n) is 7.80. The maximum Gasteiger partial charge on any atom is 0.309 e. The van der Waals surface area contributed by atoms with Crippen molar-refractivity contribution < 1.29 is 19.1 Å². The van der Waals surface area contributed by atoms with Gasteiger partial charge in [-0.25, -0.2) is 19.9 Å². The van der Waals surface area contributed by atoms with E-state index in [4.69, 9.17) is 26.3 Å². The number of anilines is 5. The minimum Gasteiger partial charge on any atom is -0.466 e. The SMILES string of the molecule is CCOC(=O)C1CCN(c2nc(C)nc3c2C(C)C(=O)N3c2c(C)cc(Br)cc2C)CC1.Cc1nc(Cl)c2c(n1)N(c1c(C)cc(Br)cc1C)C(=O)C2C. The first kappa shape index (κ1) is 39.7. The molecule has 0 saturated carbocycles. The Hall–Kier alpha value is -3.94. The van der Waals surface area contributed by atoms with E-state index in [1.807, 2.05) is 79.7 Å². The number of amides is 2. The third-order valence-electron chi connectivity index (χ3n) is 10.3. The predicted molar refractivity (Wildman–Crippen MR) is 218 cm³/mol. The molecule has 2 unspecified atom stereocenters. The number of ether oxygens (including phenoxy) is 1. The fraction of sp³-hybridized carbons (Fsp3) is 0.425. The highest BCUT2D eigenvalue weighted by Crippen LogP contribution is 2.48. The summed E-state index contributed by atoms with van der Waals surface area (Å²) in [5.74, 6) is 2.38. The second kappa shape index (κ2) is 15.7. The number of carbonyl (C=O) groups is 3. The largest absolute Gasteiger partial charge is 0.466 e. The van der Waals surface area contributed by atoms with E-state index in [9.17, 15) is 14.4 Å². The van der Waals surface area contributed by atoms with Crippen molar-refractivity contribution in [3.63, 3.8) is 0 Å². The van der Waals surface area contributed by atoms with E-state index in [-0.39, 0.29) is 35.5 Å². The number of rotatable bonds is 5. The summed E-state index contributed by atoms with van der Waals surface area (Å²) >= 11 is 13.3. The van der Waals surface area contributed by atoms with Crippen LogP contribution in [0.4, 0.5) is 28.8 Å². The topological polar surface area (TPSA) is 122 Å². The Morgan fingerprint density at radius 2 is 1.13 bits per heavy atom. The summed E-state index contributed by atoms with van der Waals surface area (Å²) in [7, 11) is 0. The van der Waals surface area contributed by atoms with Crippen molar-refractivity contribution in [2.45, 2.75) is 87.0 Å². The minimum absolute atomic E-state index is 0.0103. The smallest absolute Gasteiger partial charge is 0.309 e. The van der Waals surface area contributed by atoms with Crippen molar-refractivity contribution in [1.82, 2.24) is 19.9 Å². The van der Waals surface area contributed by atoms with Gasteiger partial charge in [-0.3, -0.25) is 24.2 Å². The molecule has 54 heavy (non-hydrogen) atoms. The number of carbonyl (C=O) groups excluding carboxylic acids is 3. The van der Waals surface area contributed by atoms with Crippen molar-refractivity contribution in [2.24, 2.45) is 5.92 Å². The number of fused-ring (bicyclic) bond motifs is 2. The molecule has 0 bridgehead atoms. The van der Waals surface area contributed by atoms with Crippen LogP contribution in [0.2, 0.25) is 5.15 Å². The van der Waals surface area contributed by atoms with Crippen LogP contribution in [0.25, 0.3) is 0 Å². The maximum atomic E-state index is 13.5. The van der Waals surface area contributed by atoms with Crippen LogP contribution in [0.1, 0.15) is 90.5 Å². The Morgan fingerprint density at radius 1 is 0.722 bits per heavy atom. The monoisotopic (exact) mass is 879 g/mol. The molecule has 1 fully saturated rings. The van der Waals surface area contributed by atoms with E-state index in [0.717, 1.165) is 54.0 Å². The third-order valence-corrected chi connectivity index (χ3v) is 11.5.